The summed E-state index contributed by atoms with van der Waals surface area (Å²) in [6, 6.07) is 11.8. The van der Waals surface area contributed by atoms with E-state index in [1.165, 1.54) is 4.31 Å². The highest BCUT2D eigenvalue weighted by Gasteiger charge is 2.33. The van der Waals surface area contributed by atoms with Crippen molar-refractivity contribution in [3.8, 4) is 5.75 Å². The highest BCUT2D eigenvalue weighted by molar-refractivity contribution is 7.89. The predicted molar refractivity (Wildman–Crippen MR) is 119 cm³/mol. The molecule has 1 N–H and O–H groups in total. The Kier molecular flexibility index (Phi) is 6.19. The average molecular weight is 462 g/mol. The first-order valence-electron chi connectivity index (χ1n) is 9.81. The topological polar surface area (TPSA) is 105 Å². The molecule has 0 spiro atoms. The normalized spacial score (nSPS) is 16.8. The van der Waals surface area contributed by atoms with Gasteiger partial charge in [0, 0.05) is 26.2 Å². The van der Waals surface area contributed by atoms with Gasteiger partial charge in [0.15, 0.2) is 0 Å². The number of nitrogens with zero attached hydrogens (tertiary/aromatic N) is 4. The lowest BCUT2D eigenvalue weighted by Gasteiger charge is -2.36. The molecule has 0 radical (unpaired) electrons. The molecule has 11 heteroatoms. The fourth-order valence-corrected chi connectivity index (χ4v) is 5.79. The standard InChI is InChI=1S/C20H23N5O4S2/c1-14(20(26)21-15-6-3-4-8-17(15)29-2)24-10-12-25(13-11-24)31(27,28)18-9-5-7-16-19(18)23-30-22-16/h3-9,14H,10-13H2,1-2H3,(H,21,26). The second-order valence-corrected chi connectivity index (χ2v) is 9.63. The maximum atomic E-state index is 13.2. The Balaban J connectivity index is 1.42. The maximum absolute atomic E-state index is 13.2. The Morgan fingerprint density at radius 2 is 1.84 bits per heavy atom. The molecule has 0 bridgehead atoms. The molecule has 1 fully saturated rings. The molecule has 1 aromatic heterocycles. The van der Waals surface area contributed by atoms with E-state index in [9.17, 15) is 13.2 Å². The lowest BCUT2D eigenvalue weighted by Crippen LogP contribution is -2.53. The Morgan fingerprint density at radius 1 is 1.10 bits per heavy atom. The number of aromatic nitrogens is 2. The third-order valence-electron chi connectivity index (χ3n) is 5.43. The Hall–Kier alpha value is -2.60. The van der Waals surface area contributed by atoms with Gasteiger partial charge in [-0.15, -0.1) is 0 Å². The van der Waals surface area contributed by atoms with Crippen LogP contribution in [0.2, 0.25) is 0 Å². The van der Waals surface area contributed by atoms with Gasteiger partial charge in [0.05, 0.1) is 30.6 Å². The van der Waals surface area contributed by atoms with Crippen LogP contribution in [0.25, 0.3) is 11.0 Å². The molecule has 0 aliphatic carbocycles. The summed E-state index contributed by atoms with van der Waals surface area (Å²) in [6.07, 6.45) is 0. The number of anilines is 1. The van der Waals surface area contributed by atoms with Gasteiger partial charge in [-0.05, 0) is 31.2 Å². The van der Waals surface area contributed by atoms with E-state index in [4.69, 9.17) is 4.74 Å². The van der Waals surface area contributed by atoms with Crippen LogP contribution in [0.1, 0.15) is 6.92 Å². The first-order valence-corrected chi connectivity index (χ1v) is 12.0. The van der Waals surface area contributed by atoms with Gasteiger partial charge in [-0.25, -0.2) is 8.42 Å². The van der Waals surface area contributed by atoms with Crippen molar-refractivity contribution >= 4 is 44.4 Å². The summed E-state index contributed by atoms with van der Waals surface area (Å²) in [5.74, 6) is 0.420. The van der Waals surface area contributed by atoms with Crippen LogP contribution >= 0.6 is 11.7 Å². The third kappa shape index (κ3) is 4.26. The monoisotopic (exact) mass is 461 g/mol. The van der Waals surface area contributed by atoms with Crippen LogP contribution in [0.4, 0.5) is 5.69 Å². The van der Waals surface area contributed by atoms with Crippen molar-refractivity contribution in [1.29, 1.82) is 0 Å². The zero-order valence-corrected chi connectivity index (χ0v) is 18.8. The molecule has 2 aromatic carbocycles. The zero-order chi connectivity index (χ0) is 22.0. The van der Waals surface area contributed by atoms with Gasteiger partial charge in [-0.2, -0.15) is 13.1 Å². The van der Waals surface area contributed by atoms with E-state index in [0.717, 1.165) is 11.7 Å². The summed E-state index contributed by atoms with van der Waals surface area (Å²) in [4.78, 5) is 14.9. The second-order valence-electron chi connectivity index (χ2n) is 7.19. The number of amides is 1. The van der Waals surface area contributed by atoms with E-state index in [2.05, 4.69) is 14.1 Å². The quantitative estimate of drug-likeness (QED) is 0.599. The Morgan fingerprint density at radius 3 is 2.58 bits per heavy atom. The molecule has 1 atom stereocenters. The third-order valence-corrected chi connectivity index (χ3v) is 7.90. The molecule has 1 amide bonds. The average Bonchev–Trinajstić information content (AvgIpc) is 3.28. The van der Waals surface area contributed by atoms with Crippen molar-refractivity contribution in [2.24, 2.45) is 0 Å². The summed E-state index contributed by atoms with van der Waals surface area (Å²) >= 11 is 0.996. The largest absolute Gasteiger partial charge is 0.495 e. The number of nitrogens with one attached hydrogen (secondary N) is 1. The molecule has 3 aromatic rings. The summed E-state index contributed by atoms with van der Waals surface area (Å²) in [5.41, 5.74) is 1.58. The van der Waals surface area contributed by atoms with Crippen LogP contribution in [0.15, 0.2) is 47.4 Å². The van der Waals surface area contributed by atoms with E-state index < -0.39 is 16.1 Å². The molecule has 164 valence electrons. The number of carbonyl (C=O) groups is 1. The summed E-state index contributed by atoms with van der Waals surface area (Å²) < 4.78 is 41.3. The van der Waals surface area contributed by atoms with E-state index in [-0.39, 0.29) is 10.8 Å². The minimum absolute atomic E-state index is 0.167. The van der Waals surface area contributed by atoms with Gasteiger partial charge in [-0.3, -0.25) is 9.69 Å². The highest BCUT2D eigenvalue weighted by Crippen LogP contribution is 2.26. The van der Waals surface area contributed by atoms with Crippen LogP contribution in [-0.4, -0.2) is 71.6 Å². The molecule has 1 unspecified atom stereocenters. The molecular formula is C20H23N5O4S2. The number of benzene rings is 2. The highest BCUT2D eigenvalue weighted by atomic mass is 32.2. The Bertz CT molecular complexity index is 1190. The fourth-order valence-electron chi connectivity index (χ4n) is 3.61. The van der Waals surface area contributed by atoms with Gasteiger partial charge < -0.3 is 10.1 Å². The molecule has 9 nitrogen and oxygen atoms in total. The summed E-state index contributed by atoms with van der Waals surface area (Å²) in [6.45, 7) is 3.30. The number of rotatable bonds is 6. The van der Waals surface area contributed by atoms with E-state index >= 15 is 0 Å². The van der Waals surface area contributed by atoms with E-state index in [1.807, 2.05) is 24.0 Å². The van der Waals surface area contributed by atoms with Gasteiger partial charge >= 0.3 is 0 Å². The summed E-state index contributed by atoms with van der Waals surface area (Å²) in [7, 11) is -2.14. The first kappa shape index (κ1) is 21.6. The number of ether oxygens (including phenoxy) is 1. The molecule has 0 saturated carbocycles. The van der Waals surface area contributed by atoms with Crippen LogP contribution in [0, 0.1) is 0 Å². The van der Waals surface area contributed by atoms with Crippen molar-refractivity contribution in [3.63, 3.8) is 0 Å². The van der Waals surface area contributed by atoms with Crippen LogP contribution in [-0.2, 0) is 14.8 Å². The molecular weight excluding hydrogens is 438 g/mol. The smallest absolute Gasteiger partial charge is 0.245 e. The van der Waals surface area contributed by atoms with E-state index in [1.54, 1.807) is 37.4 Å². The number of hydrogen-bond acceptors (Lipinski definition) is 8. The van der Waals surface area contributed by atoms with Crippen molar-refractivity contribution in [1.82, 2.24) is 18.0 Å². The molecule has 1 aliphatic heterocycles. The number of hydrogen-bond donors (Lipinski definition) is 1. The number of fused-ring (bicyclic) bond motifs is 1. The molecule has 2 heterocycles. The minimum Gasteiger partial charge on any atom is -0.495 e. The lowest BCUT2D eigenvalue weighted by molar-refractivity contribution is -0.121. The SMILES string of the molecule is COc1ccccc1NC(=O)C(C)N1CCN(S(=O)(=O)c2cccc3nsnc23)CC1. The first-order chi connectivity index (χ1) is 14.9. The van der Waals surface area contributed by atoms with Crippen LogP contribution < -0.4 is 10.1 Å². The van der Waals surface area contributed by atoms with Gasteiger partial charge in [0.1, 0.15) is 21.7 Å². The molecule has 1 saturated heterocycles. The van der Waals surface area contributed by atoms with Crippen LogP contribution in [0.3, 0.4) is 0 Å². The minimum atomic E-state index is -3.69. The van der Waals surface area contributed by atoms with E-state index in [0.29, 0.717) is 48.6 Å². The summed E-state index contributed by atoms with van der Waals surface area (Å²) in [5, 5.41) is 2.89. The molecule has 4 rings (SSSR count). The number of sulfonamides is 1. The number of carbonyl (C=O) groups excluding carboxylic acids is 1. The number of para-hydroxylation sites is 2. The van der Waals surface area contributed by atoms with Gasteiger partial charge in [-0.1, -0.05) is 18.2 Å². The molecule has 1 aliphatic rings. The van der Waals surface area contributed by atoms with Crippen molar-refractivity contribution in [2.75, 3.05) is 38.6 Å². The maximum Gasteiger partial charge on any atom is 0.245 e. The predicted octanol–water partition coefficient (Wildman–Crippen LogP) is 2.03. The van der Waals surface area contributed by atoms with Crippen molar-refractivity contribution < 1.29 is 17.9 Å². The molecule has 31 heavy (non-hydrogen) atoms. The number of methoxy groups -OCH3 is 1. The van der Waals surface area contributed by atoms with Crippen molar-refractivity contribution in [2.45, 2.75) is 17.9 Å². The van der Waals surface area contributed by atoms with Crippen LogP contribution in [0.5, 0.6) is 5.75 Å². The second kappa shape index (κ2) is 8.87. The number of piperazine rings is 1. The van der Waals surface area contributed by atoms with Gasteiger partial charge in [0.25, 0.3) is 0 Å². The van der Waals surface area contributed by atoms with Gasteiger partial charge in [0.2, 0.25) is 15.9 Å². The Labute approximate surface area is 185 Å². The van der Waals surface area contributed by atoms with Crippen molar-refractivity contribution in [3.05, 3.63) is 42.5 Å². The lowest BCUT2D eigenvalue weighted by atomic mass is 10.2. The fraction of sp³-hybridized carbons (Fsp3) is 0.350. The zero-order valence-electron chi connectivity index (χ0n) is 17.2.